The fourth-order valence-corrected chi connectivity index (χ4v) is 6.01. The van der Waals surface area contributed by atoms with E-state index in [9.17, 15) is 17.6 Å². The van der Waals surface area contributed by atoms with Crippen molar-refractivity contribution in [2.24, 2.45) is 0 Å². The number of nitrogens with zero attached hydrogens (tertiary/aromatic N) is 2. The Morgan fingerprint density at radius 2 is 1.94 bits per heavy atom. The van der Waals surface area contributed by atoms with Crippen LogP contribution in [0.2, 0.25) is 0 Å². The second-order valence-corrected chi connectivity index (χ2v) is 10.4. The zero-order valence-corrected chi connectivity index (χ0v) is 19.7. The summed E-state index contributed by atoms with van der Waals surface area (Å²) in [6, 6.07) is 11.3. The fourth-order valence-electron chi connectivity index (χ4n) is 3.63. The summed E-state index contributed by atoms with van der Waals surface area (Å²) in [5.41, 5.74) is 1.59. The highest BCUT2D eigenvalue weighted by Gasteiger charge is 2.39. The summed E-state index contributed by atoms with van der Waals surface area (Å²) in [6.45, 7) is 2.93. The number of halogens is 1. The van der Waals surface area contributed by atoms with Crippen molar-refractivity contribution in [2.75, 3.05) is 18.5 Å². The van der Waals surface area contributed by atoms with Crippen LogP contribution in [-0.2, 0) is 14.8 Å². The smallest absolute Gasteiger partial charge is 0.244 e. The van der Waals surface area contributed by atoms with Crippen LogP contribution >= 0.6 is 11.3 Å². The van der Waals surface area contributed by atoms with E-state index < -0.39 is 27.8 Å². The van der Waals surface area contributed by atoms with Crippen molar-refractivity contribution < 1.29 is 22.3 Å². The normalized spacial score (nSPS) is 16.6. The van der Waals surface area contributed by atoms with Crippen LogP contribution in [0.1, 0.15) is 26.2 Å². The molecule has 1 amide bonds. The minimum Gasteiger partial charge on any atom is -0.494 e. The highest BCUT2D eigenvalue weighted by molar-refractivity contribution is 7.89. The number of aromatic nitrogens is 1. The molecule has 1 aromatic heterocycles. The number of benzene rings is 2. The molecular formula is C23H24FN3O4S2. The van der Waals surface area contributed by atoms with Crippen molar-refractivity contribution in [3.8, 4) is 17.0 Å². The second kappa shape index (κ2) is 9.98. The Labute approximate surface area is 196 Å². The van der Waals surface area contributed by atoms with E-state index in [0.29, 0.717) is 30.3 Å². The Kier molecular flexibility index (Phi) is 7.06. The standard InChI is InChI=1S/C23H24FN3O4S2/c1-2-14-31-18-9-5-16(6-10-18)20-15-32-23(25-20)26-22(28)21-4-3-13-27(21)33(29,30)19-11-7-17(24)8-12-19/h5-12,15,21H,2-4,13-14H2,1H3,(H,25,26,28). The largest absolute Gasteiger partial charge is 0.494 e. The third-order valence-electron chi connectivity index (χ3n) is 5.28. The predicted octanol–water partition coefficient (Wildman–Crippen LogP) is 4.53. The Morgan fingerprint density at radius 1 is 1.21 bits per heavy atom. The van der Waals surface area contributed by atoms with Gasteiger partial charge >= 0.3 is 0 Å². The number of hydrogen-bond donors (Lipinski definition) is 1. The number of carbonyl (C=O) groups excluding carboxylic acids is 1. The summed E-state index contributed by atoms with van der Waals surface area (Å²) in [6.07, 6.45) is 1.90. The first-order valence-corrected chi connectivity index (χ1v) is 13.0. The maximum absolute atomic E-state index is 13.2. The number of hydrogen-bond acceptors (Lipinski definition) is 6. The van der Waals surface area contributed by atoms with Gasteiger partial charge in [0, 0.05) is 17.5 Å². The SMILES string of the molecule is CCCOc1ccc(-c2csc(NC(=O)C3CCCN3S(=O)(=O)c3ccc(F)cc3)n2)cc1. The molecule has 2 heterocycles. The second-order valence-electron chi connectivity index (χ2n) is 7.63. The Bertz CT molecular complexity index is 1210. The maximum Gasteiger partial charge on any atom is 0.244 e. The Hall–Kier alpha value is -2.82. The lowest BCUT2D eigenvalue weighted by molar-refractivity contribution is -0.119. The summed E-state index contributed by atoms with van der Waals surface area (Å²) in [4.78, 5) is 17.4. The topological polar surface area (TPSA) is 88.6 Å². The molecule has 0 radical (unpaired) electrons. The van der Waals surface area contributed by atoms with Gasteiger partial charge in [0.15, 0.2) is 5.13 Å². The molecule has 0 spiro atoms. The minimum absolute atomic E-state index is 0.0356. The number of carbonyl (C=O) groups is 1. The van der Waals surface area contributed by atoms with Gasteiger partial charge in [-0.1, -0.05) is 6.92 Å². The number of anilines is 1. The van der Waals surface area contributed by atoms with Crippen LogP contribution in [0.5, 0.6) is 5.75 Å². The van der Waals surface area contributed by atoms with Gasteiger partial charge in [-0.05, 0) is 67.8 Å². The Morgan fingerprint density at radius 3 is 2.64 bits per heavy atom. The first-order chi connectivity index (χ1) is 15.9. The highest BCUT2D eigenvalue weighted by atomic mass is 32.2. The summed E-state index contributed by atoms with van der Waals surface area (Å²) in [5, 5.41) is 4.98. The lowest BCUT2D eigenvalue weighted by Crippen LogP contribution is -2.43. The van der Waals surface area contributed by atoms with E-state index in [1.807, 2.05) is 36.6 Å². The monoisotopic (exact) mass is 489 g/mol. The molecule has 0 bridgehead atoms. The molecule has 10 heteroatoms. The van der Waals surface area contributed by atoms with E-state index in [2.05, 4.69) is 10.3 Å². The molecule has 1 N–H and O–H groups in total. The van der Waals surface area contributed by atoms with E-state index >= 15 is 0 Å². The average Bonchev–Trinajstić information content (AvgIpc) is 3.49. The molecule has 1 atom stereocenters. The summed E-state index contributed by atoms with van der Waals surface area (Å²) in [5.74, 6) is -0.164. The summed E-state index contributed by atoms with van der Waals surface area (Å²) >= 11 is 1.27. The molecule has 2 aromatic carbocycles. The van der Waals surface area contributed by atoms with Gasteiger partial charge in [0.05, 0.1) is 17.2 Å². The minimum atomic E-state index is -3.91. The van der Waals surface area contributed by atoms with Crippen LogP contribution in [0.15, 0.2) is 58.8 Å². The predicted molar refractivity (Wildman–Crippen MR) is 125 cm³/mol. The Balaban J connectivity index is 1.45. The van der Waals surface area contributed by atoms with Crippen LogP contribution in [-0.4, -0.2) is 42.8 Å². The molecule has 0 saturated carbocycles. The number of nitrogens with one attached hydrogen (secondary N) is 1. The van der Waals surface area contributed by atoms with Crippen molar-refractivity contribution in [1.82, 2.24) is 9.29 Å². The van der Waals surface area contributed by atoms with Crippen LogP contribution < -0.4 is 10.1 Å². The van der Waals surface area contributed by atoms with E-state index in [0.717, 1.165) is 29.9 Å². The average molecular weight is 490 g/mol. The number of thiazole rings is 1. The molecule has 1 aliphatic heterocycles. The molecule has 3 aromatic rings. The van der Waals surface area contributed by atoms with Crippen molar-refractivity contribution in [3.05, 3.63) is 59.7 Å². The molecule has 7 nitrogen and oxygen atoms in total. The first kappa shape index (κ1) is 23.3. The van der Waals surface area contributed by atoms with Crippen LogP contribution in [0.25, 0.3) is 11.3 Å². The van der Waals surface area contributed by atoms with Crippen LogP contribution in [0.3, 0.4) is 0 Å². The zero-order valence-electron chi connectivity index (χ0n) is 18.0. The van der Waals surface area contributed by atoms with Crippen molar-refractivity contribution in [2.45, 2.75) is 37.1 Å². The van der Waals surface area contributed by atoms with Crippen molar-refractivity contribution >= 4 is 32.4 Å². The molecule has 33 heavy (non-hydrogen) atoms. The van der Waals surface area contributed by atoms with Gasteiger partial charge in [0.1, 0.15) is 17.6 Å². The van der Waals surface area contributed by atoms with Gasteiger partial charge in [0.2, 0.25) is 15.9 Å². The molecule has 4 rings (SSSR count). The van der Waals surface area contributed by atoms with Gasteiger partial charge in [-0.3, -0.25) is 4.79 Å². The summed E-state index contributed by atoms with van der Waals surface area (Å²) in [7, 11) is -3.91. The third-order valence-corrected chi connectivity index (χ3v) is 7.96. The first-order valence-electron chi connectivity index (χ1n) is 10.7. The van der Waals surface area contributed by atoms with Gasteiger partial charge in [0.25, 0.3) is 0 Å². The number of rotatable bonds is 8. The van der Waals surface area contributed by atoms with E-state index in [4.69, 9.17) is 4.74 Å². The molecule has 1 saturated heterocycles. The number of sulfonamides is 1. The van der Waals surface area contributed by atoms with E-state index in [1.165, 1.54) is 27.8 Å². The van der Waals surface area contributed by atoms with E-state index in [-0.39, 0.29) is 11.4 Å². The maximum atomic E-state index is 13.2. The van der Waals surface area contributed by atoms with Gasteiger partial charge in [-0.2, -0.15) is 4.31 Å². The lowest BCUT2D eigenvalue weighted by Gasteiger charge is -2.23. The van der Waals surface area contributed by atoms with Gasteiger partial charge in [-0.25, -0.2) is 17.8 Å². The number of ether oxygens (including phenoxy) is 1. The van der Waals surface area contributed by atoms with E-state index in [1.54, 1.807) is 0 Å². The molecule has 1 aliphatic rings. The number of amides is 1. The van der Waals surface area contributed by atoms with Crippen LogP contribution in [0.4, 0.5) is 9.52 Å². The molecular weight excluding hydrogens is 465 g/mol. The van der Waals surface area contributed by atoms with Gasteiger partial charge in [-0.15, -0.1) is 11.3 Å². The molecule has 1 fully saturated rings. The molecule has 174 valence electrons. The van der Waals surface area contributed by atoms with Crippen LogP contribution in [0, 0.1) is 5.82 Å². The zero-order chi connectivity index (χ0) is 23.4. The highest BCUT2D eigenvalue weighted by Crippen LogP contribution is 2.29. The van der Waals surface area contributed by atoms with Gasteiger partial charge < -0.3 is 10.1 Å². The fraction of sp³-hybridized carbons (Fsp3) is 0.304. The third kappa shape index (κ3) is 5.23. The molecule has 1 unspecified atom stereocenters. The summed E-state index contributed by atoms with van der Waals surface area (Å²) < 4.78 is 46.0. The molecule has 0 aliphatic carbocycles. The lowest BCUT2D eigenvalue weighted by atomic mass is 10.2. The quantitative estimate of drug-likeness (QED) is 0.502. The van der Waals surface area contributed by atoms with Crippen molar-refractivity contribution in [3.63, 3.8) is 0 Å². The van der Waals surface area contributed by atoms with Crippen molar-refractivity contribution in [1.29, 1.82) is 0 Å².